The molecule has 0 fully saturated rings. The minimum atomic E-state index is -0.989. The number of benzene rings is 2. The standard InChI is InChI=1S/C23H27NO2/c1-4-9-17(5-2)21-16(3)10-8-13-20(21)24-23(22(25)26)14-18-11-6-7-12-19(18)15-23/h6-13,24H,4-5,14-15H2,1-3H3,(H,25,26). The first-order chi connectivity index (χ1) is 12.5. The highest BCUT2D eigenvalue weighted by Gasteiger charge is 2.44. The van der Waals surface area contributed by atoms with Crippen molar-refractivity contribution in [3.63, 3.8) is 0 Å². The minimum Gasteiger partial charge on any atom is -0.479 e. The van der Waals surface area contributed by atoms with Gasteiger partial charge in [0, 0.05) is 24.1 Å². The fraction of sp³-hybridized carbons (Fsp3) is 0.348. The molecule has 0 bridgehead atoms. The summed E-state index contributed by atoms with van der Waals surface area (Å²) in [4.78, 5) is 12.3. The van der Waals surface area contributed by atoms with Crippen LogP contribution in [-0.2, 0) is 17.6 Å². The summed E-state index contributed by atoms with van der Waals surface area (Å²) in [7, 11) is 0. The maximum Gasteiger partial charge on any atom is 0.330 e. The van der Waals surface area contributed by atoms with E-state index in [1.807, 2.05) is 36.4 Å². The van der Waals surface area contributed by atoms with E-state index in [4.69, 9.17) is 0 Å². The van der Waals surface area contributed by atoms with Crippen LogP contribution in [0.5, 0.6) is 0 Å². The molecule has 0 spiro atoms. The van der Waals surface area contributed by atoms with Gasteiger partial charge in [0.1, 0.15) is 5.54 Å². The molecule has 1 aliphatic rings. The predicted octanol–water partition coefficient (Wildman–Crippen LogP) is 5.23. The second kappa shape index (κ2) is 7.36. The smallest absolute Gasteiger partial charge is 0.330 e. The molecular weight excluding hydrogens is 322 g/mol. The Hall–Kier alpha value is -2.55. The van der Waals surface area contributed by atoms with Crippen molar-refractivity contribution in [2.75, 3.05) is 5.32 Å². The molecule has 3 heteroatoms. The van der Waals surface area contributed by atoms with Crippen LogP contribution in [0.2, 0.25) is 0 Å². The molecule has 1 aliphatic carbocycles. The molecule has 0 unspecified atom stereocenters. The maximum atomic E-state index is 12.3. The molecule has 0 saturated carbocycles. The highest BCUT2D eigenvalue weighted by molar-refractivity contribution is 5.88. The van der Waals surface area contributed by atoms with Crippen molar-refractivity contribution in [2.24, 2.45) is 0 Å². The third-order valence-corrected chi connectivity index (χ3v) is 5.31. The van der Waals surface area contributed by atoms with E-state index in [0.29, 0.717) is 12.8 Å². The molecule has 2 aromatic rings. The third kappa shape index (κ3) is 3.26. The lowest BCUT2D eigenvalue weighted by Gasteiger charge is -2.29. The lowest BCUT2D eigenvalue weighted by molar-refractivity contribution is -0.142. The molecule has 26 heavy (non-hydrogen) atoms. The predicted molar refractivity (Wildman–Crippen MR) is 108 cm³/mol. The molecule has 0 aliphatic heterocycles. The first kappa shape index (κ1) is 18.2. The number of carbonyl (C=O) groups is 1. The normalized spacial score (nSPS) is 15.6. The van der Waals surface area contributed by atoms with Crippen LogP contribution < -0.4 is 5.32 Å². The van der Waals surface area contributed by atoms with Gasteiger partial charge in [0.2, 0.25) is 0 Å². The first-order valence-corrected chi connectivity index (χ1v) is 9.38. The number of fused-ring (bicyclic) bond motifs is 1. The van der Waals surface area contributed by atoms with Crippen molar-refractivity contribution in [1.82, 2.24) is 0 Å². The summed E-state index contributed by atoms with van der Waals surface area (Å²) in [6, 6.07) is 14.1. The van der Waals surface area contributed by atoms with Gasteiger partial charge in [0.05, 0.1) is 0 Å². The third-order valence-electron chi connectivity index (χ3n) is 5.31. The summed E-state index contributed by atoms with van der Waals surface area (Å²) in [6.07, 6.45) is 5.14. The zero-order valence-corrected chi connectivity index (χ0v) is 15.8. The van der Waals surface area contributed by atoms with Crippen molar-refractivity contribution < 1.29 is 9.90 Å². The quantitative estimate of drug-likeness (QED) is 0.750. The lowest BCUT2D eigenvalue weighted by Crippen LogP contribution is -2.47. The summed E-state index contributed by atoms with van der Waals surface area (Å²) in [6.45, 7) is 6.37. The lowest BCUT2D eigenvalue weighted by atomic mass is 9.91. The van der Waals surface area contributed by atoms with Crippen LogP contribution >= 0.6 is 0 Å². The number of anilines is 1. The SMILES string of the molecule is CCC=C(CC)c1c(C)cccc1NC1(C(=O)O)Cc2ccccc2C1. The molecule has 2 aromatic carbocycles. The van der Waals surface area contributed by atoms with Crippen molar-refractivity contribution in [3.05, 3.63) is 70.8 Å². The average Bonchev–Trinajstić information content (AvgIpc) is 3.00. The number of rotatable bonds is 6. The summed E-state index contributed by atoms with van der Waals surface area (Å²) in [5.41, 5.74) is 5.76. The van der Waals surface area contributed by atoms with E-state index < -0.39 is 11.5 Å². The fourth-order valence-electron chi connectivity index (χ4n) is 4.03. The van der Waals surface area contributed by atoms with Gasteiger partial charge >= 0.3 is 5.97 Å². The molecule has 0 heterocycles. The number of nitrogens with one attached hydrogen (secondary N) is 1. The summed E-state index contributed by atoms with van der Waals surface area (Å²) in [5, 5.41) is 13.5. The van der Waals surface area contributed by atoms with Gasteiger partial charge in [-0.05, 0) is 48.1 Å². The highest BCUT2D eigenvalue weighted by atomic mass is 16.4. The Morgan fingerprint density at radius 1 is 1.12 bits per heavy atom. The summed E-state index contributed by atoms with van der Waals surface area (Å²) in [5.74, 6) is -0.793. The van der Waals surface area contributed by atoms with Gasteiger partial charge in [-0.15, -0.1) is 0 Å². The van der Waals surface area contributed by atoms with E-state index in [1.54, 1.807) is 0 Å². The van der Waals surface area contributed by atoms with E-state index in [9.17, 15) is 9.90 Å². The summed E-state index contributed by atoms with van der Waals surface area (Å²) >= 11 is 0. The number of aryl methyl sites for hydroxylation is 1. The Kier molecular flexibility index (Phi) is 5.17. The Labute approximate surface area is 155 Å². The van der Waals surface area contributed by atoms with Crippen LogP contribution in [0, 0.1) is 6.92 Å². The van der Waals surface area contributed by atoms with Crippen molar-refractivity contribution in [1.29, 1.82) is 0 Å². The molecule has 0 radical (unpaired) electrons. The van der Waals surface area contributed by atoms with Gasteiger partial charge in [-0.2, -0.15) is 0 Å². The molecule has 0 aromatic heterocycles. The van der Waals surface area contributed by atoms with E-state index in [-0.39, 0.29) is 0 Å². The molecule has 3 rings (SSSR count). The molecule has 0 atom stereocenters. The zero-order valence-electron chi connectivity index (χ0n) is 15.8. The molecule has 0 amide bonds. The number of hydrogen-bond acceptors (Lipinski definition) is 2. The Morgan fingerprint density at radius 2 is 1.77 bits per heavy atom. The second-order valence-electron chi connectivity index (χ2n) is 7.12. The number of aliphatic carboxylic acids is 1. The number of carboxylic acids is 1. The second-order valence-corrected chi connectivity index (χ2v) is 7.12. The zero-order chi connectivity index (χ0) is 18.7. The highest BCUT2D eigenvalue weighted by Crippen LogP contribution is 2.37. The van der Waals surface area contributed by atoms with E-state index in [0.717, 1.165) is 35.2 Å². The van der Waals surface area contributed by atoms with Gasteiger partial charge in [-0.1, -0.05) is 56.3 Å². The molecule has 0 saturated heterocycles. The van der Waals surface area contributed by atoms with Gasteiger partial charge in [-0.25, -0.2) is 4.79 Å². The minimum absolute atomic E-state index is 0.505. The van der Waals surface area contributed by atoms with Crippen LogP contribution in [0.4, 0.5) is 5.69 Å². The topological polar surface area (TPSA) is 49.3 Å². The molecule has 3 nitrogen and oxygen atoms in total. The molecular formula is C23H27NO2. The van der Waals surface area contributed by atoms with Gasteiger partial charge in [0.15, 0.2) is 0 Å². The van der Waals surface area contributed by atoms with Crippen LogP contribution in [0.1, 0.15) is 48.9 Å². The van der Waals surface area contributed by atoms with Crippen LogP contribution in [0.25, 0.3) is 5.57 Å². The average molecular weight is 349 g/mol. The Bertz CT molecular complexity index is 826. The number of carboxylic acid groups (broad SMARTS) is 1. The largest absolute Gasteiger partial charge is 0.479 e. The van der Waals surface area contributed by atoms with Crippen LogP contribution in [0.15, 0.2) is 48.5 Å². The Balaban J connectivity index is 2.04. The maximum absolute atomic E-state index is 12.3. The van der Waals surface area contributed by atoms with Crippen molar-refractivity contribution in [2.45, 2.75) is 52.0 Å². The van der Waals surface area contributed by atoms with E-state index in [1.165, 1.54) is 11.1 Å². The number of allylic oxidation sites excluding steroid dienone is 2. The fourth-order valence-corrected chi connectivity index (χ4v) is 4.03. The number of hydrogen-bond donors (Lipinski definition) is 2. The first-order valence-electron chi connectivity index (χ1n) is 9.38. The molecule has 2 N–H and O–H groups in total. The van der Waals surface area contributed by atoms with Crippen LogP contribution in [-0.4, -0.2) is 16.6 Å². The van der Waals surface area contributed by atoms with E-state index >= 15 is 0 Å². The monoisotopic (exact) mass is 349 g/mol. The van der Waals surface area contributed by atoms with Gasteiger partial charge in [-0.3, -0.25) is 0 Å². The van der Waals surface area contributed by atoms with Gasteiger partial charge < -0.3 is 10.4 Å². The summed E-state index contributed by atoms with van der Waals surface area (Å²) < 4.78 is 0. The molecule has 136 valence electrons. The van der Waals surface area contributed by atoms with Crippen LogP contribution in [0.3, 0.4) is 0 Å². The van der Waals surface area contributed by atoms with Crippen molar-refractivity contribution >= 4 is 17.2 Å². The van der Waals surface area contributed by atoms with Gasteiger partial charge in [0.25, 0.3) is 0 Å². The van der Waals surface area contributed by atoms with Crippen molar-refractivity contribution in [3.8, 4) is 0 Å². The Morgan fingerprint density at radius 3 is 2.31 bits per heavy atom. The van der Waals surface area contributed by atoms with E-state index in [2.05, 4.69) is 38.2 Å².